The molecule has 0 bridgehead atoms. The third-order valence-corrected chi connectivity index (χ3v) is 5.72. The van der Waals surface area contributed by atoms with Gasteiger partial charge in [-0.3, -0.25) is 4.90 Å². The minimum atomic E-state index is 0.314. The van der Waals surface area contributed by atoms with Gasteiger partial charge in [-0.15, -0.1) is 0 Å². The van der Waals surface area contributed by atoms with E-state index in [9.17, 15) is 0 Å². The topological polar surface area (TPSA) is 46.0 Å². The summed E-state index contributed by atoms with van der Waals surface area (Å²) in [6, 6.07) is 8.86. The Balaban J connectivity index is 1.59. The molecule has 0 radical (unpaired) electrons. The van der Waals surface area contributed by atoms with E-state index in [1.54, 1.807) is 0 Å². The van der Waals surface area contributed by atoms with Gasteiger partial charge in [-0.25, -0.2) is 9.97 Å². The summed E-state index contributed by atoms with van der Waals surface area (Å²) in [5, 5.41) is 5.70. The lowest BCUT2D eigenvalue weighted by atomic mass is 10.1. The van der Waals surface area contributed by atoms with Crippen molar-refractivity contribution < 1.29 is 0 Å². The highest BCUT2D eigenvalue weighted by Gasteiger charge is 2.20. The van der Waals surface area contributed by atoms with Gasteiger partial charge in [-0.1, -0.05) is 18.7 Å². The summed E-state index contributed by atoms with van der Waals surface area (Å²) in [7, 11) is 2.05. The fourth-order valence-corrected chi connectivity index (χ4v) is 3.76. The Morgan fingerprint density at radius 2 is 1.89 bits per heavy atom. The van der Waals surface area contributed by atoms with Gasteiger partial charge >= 0.3 is 0 Å². The van der Waals surface area contributed by atoms with Crippen molar-refractivity contribution in [1.82, 2.24) is 19.4 Å². The van der Waals surface area contributed by atoms with Crippen molar-refractivity contribution in [2.75, 3.05) is 18.4 Å². The molecule has 1 aromatic carbocycles. The molecule has 3 heterocycles. The zero-order chi connectivity index (χ0) is 19.0. The maximum atomic E-state index is 4.57. The van der Waals surface area contributed by atoms with Crippen molar-refractivity contribution in [3.63, 3.8) is 0 Å². The lowest BCUT2D eigenvalue weighted by Gasteiger charge is -2.26. The van der Waals surface area contributed by atoms with Crippen LogP contribution in [0.5, 0.6) is 0 Å². The summed E-state index contributed by atoms with van der Waals surface area (Å²) >= 11 is 0. The molecule has 140 valence electrons. The highest BCUT2D eigenvalue weighted by molar-refractivity contribution is 5.88. The first-order valence-corrected chi connectivity index (χ1v) is 9.61. The zero-order valence-corrected chi connectivity index (χ0v) is 16.4. The molecular weight excluding hydrogens is 334 g/mol. The van der Waals surface area contributed by atoms with Gasteiger partial charge in [0.25, 0.3) is 0 Å². The second-order valence-corrected chi connectivity index (χ2v) is 7.45. The number of aromatic nitrogens is 3. The van der Waals surface area contributed by atoms with Crippen molar-refractivity contribution in [1.29, 1.82) is 0 Å². The molecule has 1 aliphatic heterocycles. The molecule has 1 atom stereocenters. The minimum Gasteiger partial charge on any atom is -0.343 e. The molecule has 0 amide bonds. The molecule has 0 spiro atoms. The molecule has 3 aromatic rings. The maximum absolute atomic E-state index is 4.57. The van der Waals surface area contributed by atoms with Gasteiger partial charge in [0, 0.05) is 35.9 Å². The smallest absolute Gasteiger partial charge is 0.130 e. The summed E-state index contributed by atoms with van der Waals surface area (Å²) in [6.07, 6.45) is 6.41. The first-order valence-electron chi connectivity index (χ1n) is 9.61. The molecule has 0 aliphatic carbocycles. The van der Waals surface area contributed by atoms with Crippen LogP contribution in [0.2, 0.25) is 0 Å². The quantitative estimate of drug-likeness (QED) is 0.734. The van der Waals surface area contributed by atoms with E-state index in [0.717, 1.165) is 52.5 Å². The predicted octanol–water partition coefficient (Wildman–Crippen LogP) is 4.35. The summed E-state index contributed by atoms with van der Waals surface area (Å²) in [4.78, 5) is 11.5. The highest BCUT2D eigenvalue weighted by atomic mass is 15.2. The third kappa shape index (κ3) is 3.47. The van der Waals surface area contributed by atoms with Crippen LogP contribution in [-0.2, 0) is 7.05 Å². The first-order chi connectivity index (χ1) is 13.0. The third-order valence-electron chi connectivity index (χ3n) is 5.72. The van der Waals surface area contributed by atoms with E-state index in [1.165, 1.54) is 12.8 Å². The number of pyridine rings is 1. The number of rotatable bonds is 5. The standard InChI is InChI=1S/C22H27N5/c1-15(16(2)27-9-5-6-10-27)25-22-12-20-11-18(7-8-19(20)13-24-22)21-14-23-17(3)26(21)4/h7-8,11-14,16H,1,5-6,9-10H2,2-4H3,(H,24,25). The van der Waals surface area contributed by atoms with E-state index >= 15 is 0 Å². The van der Waals surface area contributed by atoms with Crippen molar-refractivity contribution in [3.05, 3.63) is 54.8 Å². The number of fused-ring (bicyclic) bond motifs is 1. The van der Waals surface area contributed by atoms with E-state index in [0.29, 0.717) is 6.04 Å². The van der Waals surface area contributed by atoms with Crippen LogP contribution in [0.1, 0.15) is 25.6 Å². The van der Waals surface area contributed by atoms with E-state index in [2.05, 4.69) is 62.5 Å². The predicted molar refractivity (Wildman–Crippen MR) is 112 cm³/mol. The molecule has 5 nitrogen and oxygen atoms in total. The van der Waals surface area contributed by atoms with Crippen molar-refractivity contribution in [3.8, 4) is 11.3 Å². The van der Waals surface area contributed by atoms with E-state index < -0.39 is 0 Å². The average Bonchev–Trinajstić information content (AvgIpc) is 3.31. The van der Waals surface area contributed by atoms with Gasteiger partial charge in [0.2, 0.25) is 0 Å². The number of aryl methyl sites for hydroxylation is 1. The van der Waals surface area contributed by atoms with Crippen LogP contribution in [0.15, 0.2) is 48.9 Å². The van der Waals surface area contributed by atoms with Gasteiger partial charge < -0.3 is 9.88 Å². The Morgan fingerprint density at radius 1 is 1.11 bits per heavy atom. The number of nitrogens with one attached hydrogen (secondary N) is 1. The van der Waals surface area contributed by atoms with E-state index in [4.69, 9.17) is 0 Å². The number of hydrogen-bond donors (Lipinski definition) is 1. The molecule has 1 unspecified atom stereocenters. The minimum absolute atomic E-state index is 0.314. The molecule has 1 saturated heterocycles. The molecule has 27 heavy (non-hydrogen) atoms. The largest absolute Gasteiger partial charge is 0.343 e. The Morgan fingerprint density at radius 3 is 2.59 bits per heavy atom. The monoisotopic (exact) mass is 361 g/mol. The lowest BCUT2D eigenvalue weighted by molar-refractivity contribution is 0.291. The average molecular weight is 361 g/mol. The summed E-state index contributed by atoms with van der Waals surface area (Å²) < 4.78 is 2.11. The van der Waals surface area contributed by atoms with Crippen molar-refractivity contribution in [2.24, 2.45) is 7.05 Å². The summed E-state index contributed by atoms with van der Waals surface area (Å²) in [6.45, 7) is 10.8. The Kier molecular flexibility index (Phi) is 4.70. The van der Waals surface area contributed by atoms with Gasteiger partial charge in [0.15, 0.2) is 0 Å². The molecule has 2 aromatic heterocycles. The molecule has 4 rings (SSSR count). The number of hydrogen-bond acceptors (Lipinski definition) is 4. The number of imidazole rings is 1. The first kappa shape index (κ1) is 17.7. The second-order valence-electron chi connectivity index (χ2n) is 7.45. The number of benzene rings is 1. The summed E-state index contributed by atoms with van der Waals surface area (Å²) in [5.74, 6) is 1.85. The maximum Gasteiger partial charge on any atom is 0.130 e. The van der Waals surface area contributed by atoms with Crippen LogP contribution in [0.4, 0.5) is 5.82 Å². The van der Waals surface area contributed by atoms with E-state index in [-0.39, 0.29) is 0 Å². The Bertz CT molecular complexity index is 982. The Hall–Kier alpha value is -2.66. The Labute approximate surface area is 160 Å². The summed E-state index contributed by atoms with van der Waals surface area (Å²) in [5.41, 5.74) is 3.28. The van der Waals surface area contributed by atoms with Gasteiger partial charge in [-0.05, 0) is 57.3 Å². The van der Waals surface area contributed by atoms with Crippen LogP contribution in [0.25, 0.3) is 22.0 Å². The molecular formula is C22H27N5. The van der Waals surface area contributed by atoms with Gasteiger partial charge in [0.1, 0.15) is 11.6 Å². The molecule has 1 aliphatic rings. The highest BCUT2D eigenvalue weighted by Crippen LogP contribution is 2.26. The van der Waals surface area contributed by atoms with Gasteiger partial charge in [0.05, 0.1) is 11.9 Å². The molecule has 0 saturated carbocycles. The zero-order valence-electron chi connectivity index (χ0n) is 16.4. The van der Waals surface area contributed by atoms with Crippen LogP contribution in [0.3, 0.4) is 0 Å². The van der Waals surface area contributed by atoms with Crippen molar-refractivity contribution in [2.45, 2.75) is 32.7 Å². The molecule has 1 fully saturated rings. The van der Waals surface area contributed by atoms with Gasteiger partial charge in [-0.2, -0.15) is 0 Å². The van der Waals surface area contributed by atoms with Crippen LogP contribution < -0.4 is 5.32 Å². The molecule has 5 heteroatoms. The SMILES string of the molecule is C=C(Nc1cc2cc(-c3cnc(C)n3C)ccc2cn1)C(C)N1CCCC1. The normalized spacial score (nSPS) is 16.0. The van der Waals surface area contributed by atoms with Crippen molar-refractivity contribution >= 4 is 16.6 Å². The van der Waals surface area contributed by atoms with E-state index in [1.807, 2.05) is 26.4 Å². The van der Waals surface area contributed by atoms with Crippen LogP contribution >= 0.6 is 0 Å². The molecule has 1 N–H and O–H groups in total. The lowest BCUT2D eigenvalue weighted by Crippen LogP contribution is -2.33. The number of likely N-dealkylation sites (tertiary alicyclic amines) is 1. The second kappa shape index (κ2) is 7.16. The van der Waals surface area contributed by atoms with Crippen LogP contribution in [-0.4, -0.2) is 38.6 Å². The number of nitrogens with zero attached hydrogens (tertiary/aromatic N) is 4. The fraction of sp³-hybridized carbons (Fsp3) is 0.364. The van der Waals surface area contributed by atoms with Crippen LogP contribution in [0, 0.1) is 6.92 Å². The number of anilines is 1. The fourth-order valence-electron chi connectivity index (χ4n) is 3.76.